The molecule has 0 amide bonds. The number of rotatable bonds is 7. The third kappa shape index (κ3) is 4.38. The number of nitrogens with one attached hydrogen (secondary N) is 1. The molecule has 0 fully saturated rings. The van der Waals surface area contributed by atoms with Gasteiger partial charge in [-0.05, 0) is 38.5 Å². The Kier molecular flexibility index (Phi) is 6.52. The Labute approximate surface area is 198 Å². The molecular formula is C22H23N5O4S2. The van der Waals surface area contributed by atoms with Crippen molar-refractivity contribution in [2.45, 2.75) is 31.2 Å². The Morgan fingerprint density at radius 1 is 1.33 bits per heavy atom. The second kappa shape index (κ2) is 9.36. The summed E-state index contributed by atoms with van der Waals surface area (Å²) in [6, 6.07) is 7.61. The van der Waals surface area contributed by atoms with E-state index >= 15 is 0 Å². The van der Waals surface area contributed by atoms with E-state index in [1.165, 1.54) is 23.1 Å². The SMILES string of the molecule is CCOC(=O)c1sc2nc(C(C)Sc3nnc(-c4cccc(OC)c4)n3C)[nH]c(=O)c2c1C. The standard InChI is InChI=1S/C22H23N5O4S2/c1-6-31-21(29)16-11(2)15-19(28)23-17(24-20(15)33-16)12(3)32-22-26-25-18(27(22)4)13-8-7-9-14(10-13)30-5/h7-10,12H,6H2,1-5H3,(H,23,24,28). The largest absolute Gasteiger partial charge is 0.497 e. The number of fused-ring (bicyclic) bond motifs is 1. The van der Waals surface area contributed by atoms with Gasteiger partial charge in [0, 0.05) is 12.6 Å². The number of methoxy groups -OCH3 is 1. The Morgan fingerprint density at radius 2 is 2.12 bits per heavy atom. The number of aryl methyl sites for hydroxylation is 1. The zero-order valence-corrected chi connectivity index (χ0v) is 20.5. The molecule has 9 nitrogen and oxygen atoms in total. The van der Waals surface area contributed by atoms with E-state index in [9.17, 15) is 9.59 Å². The summed E-state index contributed by atoms with van der Waals surface area (Å²) in [5.74, 6) is 1.50. The highest BCUT2D eigenvalue weighted by Crippen LogP contribution is 2.35. The number of thioether (sulfide) groups is 1. The number of H-pyrrole nitrogens is 1. The van der Waals surface area contributed by atoms with Crippen molar-refractivity contribution >= 4 is 39.3 Å². The molecule has 1 N–H and O–H groups in total. The maximum absolute atomic E-state index is 12.8. The Morgan fingerprint density at radius 3 is 2.85 bits per heavy atom. The number of thiophene rings is 1. The van der Waals surface area contributed by atoms with Crippen LogP contribution in [0.3, 0.4) is 0 Å². The monoisotopic (exact) mass is 485 g/mol. The minimum atomic E-state index is -0.439. The van der Waals surface area contributed by atoms with E-state index in [4.69, 9.17) is 9.47 Å². The summed E-state index contributed by atoms with van der Waals surface area (Å²) < 4.78 is 12.3. The second-order valence-corrected chi connectivity index (χ2v) is 9.57. The van der Waals surface area contributed by atoms with Gasteiger partial charge in [-0.15, -0.1) is 21.5 Å². The third-order valence-corrected chi connectivity index (χ3v) is 7.42. The smallest absolute Gasteiger partial charge is 0.348 e. The van der Waals surface area contributed by atoms with Gasteiger partial charge in [0.15, 0.2) is 11.0 Å². The van der Waals surface area contributed by atoms with Crippen LogP contribution in [0.15, 0.2) is 34.2 Å². The van der Waals surface area contributed by atoms with Crippen molar-refractivity contribution in [1.29, 1.82) is 0 Å². The van der Waals surface area contributed by atoms with Crippen molar-refractivity contribution < 1.29 is 14.3 Å². The summed E-state index contributed by atoms with van der Waals surface area (Å²) in [4.78, 5) is 33.4. The molecule has 172 valence electrons. The average Bonchev–Trinajstić information content (AvgIpc) is 3.34. The second-order valence-electron chi connectivity index (χ2n) is 7.27. The van der Waals surface area contributed by atoms with Crippen LogP contribution in [0.4, 0.5) is 0 Å². The van der Waals surface area contributed by atoms with Gasteiger partial charge >= 0.3 is 5.97 Å². The van der Waals surface area contributed by atoms with E-state index in [1.54, 1.807) is 21.0 Å². The first-order chi connectivity index (χ1) is 15.8. The average molecular weight is 486 g/mol. The molecule has 3 heterocycles. The highest BCUT2D eigenvalue weighted by Gasteiger charge is 2.23. The van der Waals surface area contributed by atoms with Gasteiger partial charge in [-0.1, -0.05) is 23.9 Å². The molecule has 0 aliphatic carbocycles. The van der Waals surface area contributed by atoms with Crippen molar-refractivity contribution in [3.63, 3.8) is 0 Å². The minimum absolute atomic E-state index is 0.211. The number of aromatic amines is 1. The first kappa shape index (κ1) is 23.0. The molecule has 1 atom stereocenters. The van der Waals surface area contributed by atoms with Crippen LogP contribution >= 0.6 is 23.1 Å². The molecule has 0 spiro atoms. The first-order valence-corrected chi connectivity index (χ1v) is 11.9. The molecule has 0 saturated carbocycles. The number of ether oxygens (including phenoxy) is 2. The van der Waals surface area contributed by atoms with Gasteiger partial charge in [0.2, 0.25) is 0 Å². The van der Waals surface area contributed by atoms with Crippen LogP contribution in [0.2, 0.25) is 0 Å². The Hall–Kier alpha value is -3.18. The number of nitrogens with zero attached hydrogens (tertiary/aromatic N) is 4. The molecule has 33 heavy (non-hydrogen) atoms. The van der Waals surface area contributed by atoms with Gasteiger partial charge in [0.25, 0.3) is 5.56 Å². The molecule has 4 rings (SSSR count). The van der Waals surface area contributed by atoms with E-state index < -0.39 is 5.97 Å². The van der Waals surface area contributed by atoms with E-state index in [2.05, 4.69) is 20.2 Å². The Balaban J connectivity index is 1.63. The van der Waals surface area contributed by atoms with E-state index in [0.29, 0.717) is 37.5 Å². The van der Waals surface area contributed by atoms with Crippen LogP contribution in [0.5, 0.6) is 5.75 Å². The highest BCUT2D eigenvalue weighted by molar-refractivity contribution is 7.99. The summed E-state index contributed by atoms with van der Waals surface area (Å²) >= 11 is 2.60. The fourth-order valence-corrected chi connectivity index (χ4v) is 5.34. The third-order valence-electron chi connectivity index (χ3n) is 5.11. The first-order valence-electron chi connectivity index (χ1n) is 10.2. The van der Waals surface area contributed by atoms with Crippen LogP contribution in [0.25, 0.3) is 21.6 Å². The molecular weight excluding hydrogens is 462 g/mol. The minimum Gasteiger partial charge on any atom is -0.497 e. The number of hydrogen-bond acceptors (Lipinski definition) is 9. The summed E-state index contributed by atoms with van der Waals surface area (Å²) in [6.07, 6.45) is 0. The van der Waals surface area contributed by atoms with Crippen LogP contribution in [-0.2, 0) is 11.8 Å². The molecule has 0 bridgehead atoms. The lowest BCUT2D eigenvalue weighted by molar-refractivity contribution is 0.0531. The topological polar surface area (TPSA) is 112 Å². The number of carbonyl (C=O) groups excluding carboxylic acids is 1. The predicted octanol–water partition coefficient (Wildman–Crippen LogP) is 4.13. The number of carbonyl (C=O) groups is 1. The maximum atomic E-state index is 12.8. The summed E-state index contributed by atoms with van der Waals surface area (Å²) in [7, 11) is 3.51. The van der Waals surface area contributed by atoms with Gasteiger partial charge in [0.05, 0.1) is 24.4 Å². The van der Waals surface area contributed by atoms with Crippen LogP contribution < -0.4 is 10.3 Å². The lowest BCUT2D eigenvalue weighted by Gasteiger charge is -2.10. The summed E-state index contributed by atoms with van der Waals surface area (Å²) in [6.45, 7) is 5.68. The van der Waals surface area contributed by atoms with Gasteiger partial charge in [-0.2, -0.15) is 0 Å². The molecule has 0 radical (unpaired) electrons. The fourth-order valence-electron chi connectivity index (χ4n) is 3.39. The molecule has 1 aromatic carbocycles. The molecule has 0 aliphatic heterocycles. The van der Waals surface area contributed by atoms with E-state index in [0.717, 1.165) is 11.3 Å². The fraction of sp³-hybridized carbons (Fsp3) is 0.318. The van der Waals surface area contributed by atoms with Gasteiger partial charge in [0.1, 0.15) is 21.3 Å². The summed E-state index contributed by atoms with van der Waals surface area (Å²) in [5.41, 5.74) is 1.20. The van der Waals surface area contributed by atoms with Crippen molar-refractivity contribution in [3.05, 3.63) is 50.9 Å². The predicted molar refractivity (Wildman–Crippen MR) is 128 cm³/mol. The van der Waals surface area contributed by atoms with Crippen molar-refractivity contribution in [1.82, 2.24) is 24.7 Å². The van der Waals surface area contributed by atoms with Crippen molar-refractivity contribution in [2.75, 3.05) is 13.7 Å². The zero-order chi connectivity index (χ0) is 23.7. The number of aromatic nitrogens is 5. The van der Waals surface area contributed by atoms with E-state index in [1.807, 2.05) is 42.8 Å². The molecule has 0 aliphatic rings. The van der Waals surface area contributed by atoms with Gasteiger partial charge in [-0.3, -0.25) is 4.79 Å². The quantitative estimate of drug-likeness (QED) is 0.307. The van der Waals surface area contributed by atoms with E-state index in [-0.39, 0.29) is 17.4 Å². The lowest BCUT2D eigenvalue weighted by atomic mass is 10.2. The van der Waals surface area contributed by atoms with Crippen molar-refractivity contribution in [2.24, 2.45) is 7.05 Å². The van der Waals surface area contributed by atoms with Gasteiger partial charge < -0.3 is 19.0 Å². The zero-order valence-electron chi connectivity index (χ0n) is 18.8. The number of esters is 1. The molecule has 11 heteroatoms. The highest BCUT2D eigenvalue weighted by atomic mass is 32.2. The van der Waals surface area contributed by atoms with Crippen LogP contribution in [0.1, 0.15) is 40.2 Å². The van der Waals surface area contributed by atoms with Crippen molar-refractivity contribution in [3.8, 4) is 17.1 Å². The molecule has 1 unspecified atom stereocenters. The molecule has 4 aromatic rings. The lowest BCUT2D eigenvalue weighted by Crippen LogP contribution is -2.13. The van der Waals surface area contributed by atoms with Crippen LogP contribution in [-0.4, -0.2) is 44.4 Å². The number of benzene rings is 1. The van der Waals surface area contributed by atoms with Gasteiger partial charge in [-0.25, -0.2) is 9.78 Å². The molecule has 3 aromatic heterocycles. The molecule has 0 saturated heterocycles. The number of hydrogen-bond donors (Lipinski definition) is 1. The summed E-state index contributed by atoms with van der Waals surface area (Å²) in [5, 5.41) is 9.53. The Bertz CT molecular complexity index is 1390. The normalized spacial score (nSPS) is 12.2. The maximum Gasteiger partial charge on any atom is 0.348 e. The van der Waals surface area contributed by atoms with Crippen LogP contribution in [0, 0.1) is 6.92 Å².